The predicted octanol–water partition coefficient (Wildman–Crippen LogP) is 4.51. The molecule has 0 radical (unpaired) electrons. The van der Waals surface area contributed by atoms with E-state index in [4.69, 9.17) is 14.2 Å². The second kappa shape index (κ2) is 11.4. The van der Waals surface area contributed by atoms with Crippen molar-refractivity contribution in [2.75, 3.05) is 51.3 Å². The van der Waals surface area contributed by atoms with Gasteiger partial charge in [0.1, 0.15) is 17.5 Å². The predicted molar refractivity (Wildman–Crippen MR) is 154 cm³/mol. The van der Waals surface area contributed by atoms with Crippen molar-refractivity contribution in [2.24, 2.45) is 0 Å². The Morgan fingerprint density at radius 1 is 1.05 bits per heavy atom. The van der Waals surface area contributed by atoms with E-state index in [1.54, 1.807) is 11.9 Å². The van der Waals surface area contributed by atoms with Crippen molar-refractivity contribution in [1.82, 2.24) is 20.4 Å². The number of amides is 2. The summed E-state index contributed by atoms with van der Waals surface area (Å²) < 4.78 is 17.6. The Balaban J connectivity index is 1.46. The van der Waals surface area contributed by atoms with Crippen LogP contribution in [0.4, 0.5) is 10.5 Å². The molecule has 10 nitrogen and oxygen atoms in total. The van der Waals surface area contributed by atoms with Crippen LogP contribution in [0.1, 0.15) is 49.7 Å². The molecule has 2 fully saturated rings. The summed E-state index contributed by atoms with van der Waals surface area (Å²) in [5, 5.41) is 11.4. The normalized spacial score (nSPS) is 16.7. The van der Waals surface area contributed by atoms with Gasteiger partial charge in [0.25, 0.3) is 5.91 Å². The van der Waals surface area contributed by atoms with Crippen molar-refractivity contribution in [3.8, 4) is 16.9 Å². The zero-order valence-electron chi connectivity index (χ0n) is 24.0. The van der Waals surface area contributed by atoms with Crippen LogP contribution in [0.2, 0.25) is 0 Å². The minimum Gasteiger partial charge on any atom is -0.489 e. The fourth-order valence-corrected chi connectivity index (χ4v) is 5.25. The van der Waals surface area contributed by atoms with Crippen LogP contribution in [0.25, 0.3) is 22.0 Å². The highest BCUT2D eigenvalue weighted by atomic mass is 16.6. The number of fused-ring (bicyclic) bond motifs is 1. The lowest BCUT2D eigenvalue weighted by atomic mass is 9.99. The van der Waals surface area contributed by atoms with E-state index in [2.05, 4.69) is 32.5 Å². The number of ether oxygens (including phenoxy) is 3. The molecule has 5 rings (SSSR count). The monoisotopic (exact) mass is 549 g/mol. The Hall–Kier alpha value is -3.79. The van der Waals surface area contributed by atoms with Gasteiger partial charge in [-0.15, -0.1) is 0 Å². The van der Waals surface area contributed by atoms with E-state index >= 15 is 0 Å². The van der Waals surface area contributed by atoms with Gasteiger partial charge in [0.2, 0.25) is 0 Å². The molecule has 2 aliphatic heterocycles. The van der Waals surface area contributed by atoms with Crippen molar-refractivity contribution in [1.29, 1.82) is 0 Å². The molecule has 2 aromatic carbocycles. The Bertz CT molecular complexity index is 1380. The minimum atomic E-state index is -0.545. The van der Waals surface area contributed by atoms with Gasteiger partial charge in [-0.1, -0.05) is 6.07 Å². The maximum atomic E-state index is 12.8. The topological polar surface area (TPSA) is 109 Å². The number of piperazine rings is 1. The first-order chi connectivity index (χ1) is 19.1. The third-order valence-electron chi connectivity index (χ3n) is 7.34. The zero-order chi connectivity index (χ0) is 28.4. The highest BCUT2D eigenvalue weighted by molar-refractivity contribution is 6.01. The van der Waals surface area contributed by atoms with Gasteiger partial charge >= 0.3 is 6.09 Å². The van der Waals surface area contributed by atoms with Gasteiger partial charge in [-0.3, -0.25) is 9.89 Å². The van der Waals surface area contributed by atoms with E-state index < -0.39 is 5.60 Å². The number of nitrogens with one attached hydrogen (secondary N) is 2. The summed E-state index contributed by atoms with van der Waals surface area (Å²) in [6.07, 6.45) is 1.48. The number of anilines is 1. The quantitative estimate of drug-likeness (QED) is 0.482. The first kappa shape index (κ1) is 27.8. The number of hydrogen-bond acceptors (Lipinski definition) is 7. The van der Waals surface area contributed by atoms with Crippen LogP contribution in [0.5, 0.6) is 5.75 Å². The Kier molecular flexibility index (Phi) is 7.89. The van der Waals surface area contributed by atoms with Crippen LogP contribution in [0.15, 0.2) is 30.3 Å². The molecule has 1 aromatic heterocycles. The number of nitrogens with zero attached hydrogens (tertiary/aromatic N) is 3. The van der Waals surface area contributed by atoms with Gasteiger partial charge in [-0.25, -0.2) is 4.79 Å². The van der Waals surface area contributed by atoms with Gasteiger partial charge < -0.3 is 29.3 Å². The minimum absolute atomic E-state index is 0.0916. The lowest BCUT2D eigenvalue weighted by Crippen LogP contribution is -2.50. The van der Waals surface area contributed by atoms with Crippen LogP contribution in [0, 0.1) is 6.92 Å². The summed E-state index contributed by atoms with van der Waals surface area (Å²) in [7, 11) is 1.63. The summed E-state index contributed by atoms with van der Waals surface area (Å²) in [5.74, 6) is 0.645. The summed E-state index contributed by atoms with van der Waals surface area (Å²) in [4.78, 5) is 29.3. The standard InChI is InChI=1S/C30H39N5O5/c1-19-27-24(33-32-19)16-21(18-26(27)39-22-8-14-38-15-9-22)20-6-7-23(28(36)31-5)25(17-20)34-10-12-35(13-11-34)29(37)40-30(2,3)4/h6-7,16-18,22H,8-15H2,1-5H3,(H,31,36)(H,32,33). The number of aromatic nitrogens is 2. The molecular formula is C30H39N5O5. The number of hydrogen-bond donors (Lipinski definition) is 2. The second-order valence-corrected chi connectivity index (χ2v) is 11.4. The lowest BCUT2D eigenvalue weighted by Gasteiger charge is -2.37. The van der Waals surface area contributed by atoms with Crippen LogP contribution in [-0.4, -0.2) is 85.2 Å². The van der Waals surface area contributed by atoms with Crippen LogP contribution >= 0.6 is 0 Å². The number of benzene rings is 2. The molecule has 40 heavy (non-hydrogen) atoms. The molecule has 2 N–H and O–H groups in total. The van der Waals surface area contributed by atoms with Gasteiger partial charge in [0.05, 0.1) is 35.4 Å². The highest BCUT2D eigenvalue weighted by Crippen LogP contribution is 2.37. The Labute approximate surface area is 234 Å². The molecule has 10 heteroatoms. The van der Waals surface area contributed by atoms with Crippen molar-refractivity contribution in [3.63, 3.8) is 0 Å². The van der Waals surface area contributed by atoms with Crippen molar-refractivity contribution < 1.29 is 23.8 Å². The van der Waals surface area contributed by atoms with Gasteiger partial charge in [-0.05, 0) is 63.1 Å². The molecule has 3 heterocycles. The van der Waals surface area contributed by atoms with E-state index in [9.17, 15) is 9.59 Å². The summed E-state index contributed by atoms with van der Waals surface area (Å²) in [5.41, 5.74) is 4.58. The molecule has 0 aliphatic carbocycles. The molecule has 0 spiro atoms. The molecule has 0 bridgehead atoms. The zero-order valence-corrected chi connectivity index (χ0v) is 24.0. The van der Waals surface area contributed by atoms with Gasteiger partial charge in [0.15, 0.2) is 0 Å². The average molecular weight is 550 g/mol. The van der Waals surface area contributed by atoms with Crippen molar-refractivity contribution in [2.45, 2.75) is 52.2 Å². The number of aryl methyl sites for hydroxylation is 1. The number of rotatable bonds is 5. The summed E-state index contributed by atoms with van der Waals surface area (Å²) in [6, 6.07) is 9.99. The number of aromatic amines is 1. The largest absolute Gasteiger partial charge is 0.489 e. The summed E-state index contributed by atoms with van der Waals surface area (Å²) >= 11 is 0. The molecule has 214 valence electrons. The average Bonchev–Trinajstić information content (AvgIpc) is 3.32. The lowest BCUT2D eigenvalue weighted by molar-refractivity contribution is 0.0239. The third-order valence-corrected chi connectivity index (χ3v) is 7.34. The SMILES string of the molecule is CNC(=O)c1ccc(-c2cc(OC3CCOCC3)c3c(C)[nH]nc3c2)cc1N1CCN(C(=O)OC(C)(C)C)CC1. The molecular weight excluding hydrogens is 510 g/mol. The maximum Gasteiger partial charge on any atom is 0.410 e. The summed E-state index contributed by atoms with van der Waals surface area (Å²) in [6.45, 7) is 11.2. The van der Waals surface area contributed by atoms with E-state index in [0.29, 0.717) is 45.0 Å². The molecule has 0 atom stereocenters. The first-order valence-electron chi connectivity index (χ1n) is 14.0. The maximum absolute atomic E-state index is 12.8. The Morgan fingerprint density at radius 2 is 1.77 bits per heavy atom. The molecule has 2 amide bonds. The molecule has 2 saturated heterocycles. The molecule has 2 aliphatic rings. The number of carbonyl (C=O) groups is 2. The first-order valence-corrected chi connectivity index (χ1v) is 14.0. The highest BCUT2D eigenvalue weighted by Gasteiger charge is 2.28. The number of carbonyl (C=O) groups excluding carboxylic acids is 2. The van der Waals surface area contributed by atoms with E-state index in [0.717, 1.165) is 52.0 Å². The van der Waals surface area contributed by atoms with Crippen LogP contribution in [-0.2, 0) is 9.47 Å². The van der Waals surface area contributed by atoms with E-state index in [1.165, 1.54) is 0 Å². The van der Waals surface area contributed by atoms with Crippen LogP contribution in [0.3, 0.4) is 0 Å². The fraction of sp³-hybridized carbons (Fsp3) is 0.500. The molecule has 0 unspecified atom stereocenters. The third kappa shape index (κ3) is 6.01. The smallest absolute Gasteiger partial charge is 0.410 e. The van der Waals surface area contributed by atoms with E-state index in [1.807, 2.05) is 45.9 Å². The van der Waals surface area contributed by atoms with Crippen molar-refractivity contribution >= 4 is 28.6 Å². The number of H-pyrrole nitrogens is 1. The molecule has 3 aromatic rings. The van der Waals surface area contributed by atoms with Crippen molar-refractivity contribution in [3.05, 3.63) is 41.6 Å². The second-order valence-electron chi connectivity index (χ2n) is 11.4. The Morgan fingerprint density at radius 3 is 2.45 bits per heavy atom. The van der Waals surface area contributed by atoms with Gasteiger partial charge in [0, 0.05) is 51.8 Å². The van der Waals surface area contributed by atoms with Crippen LogP contribution < -0.4 is 15.0 Å². The molecule has 0 saturated carbocycles. The fourth-order valence-electron chi connectivity index (χ4n) is 5.25. The van der Waals surface area contributed by atoms with Gasteiger partial charge in [-0.2, -0.15) is 5.10 Å². The van der Waals surface area contributed by atoms with E-state index in [-0.39, 0.29) is 18.1 Å².